The van der Waals surface area contributed by atoms with Crippen molar-refractivity contribution in [1.29, 1.82) is 0 Å². The number of carboxylic acids is 1. The molecule has 0 heterocycles. The van der Waals surface area contributed by atoms with Gasteiger partial charge in [0.2, 0.25) is 11.8 Å². The molecule has 2 atom stereocenters. The number of ether oxygens (including phenoxy) is 1. The van der Waals surface area contributed by atoms with E-state index in [0.29, 0.717) is 6.42 Å². The molecule has 0 fully saturated rings. The molecule has 0 saturated carbocycles. The molecule has 2 amide bonds. The van der Waals surface area contributed by atoms with Crippen LogP contribution in [0.2, 0.25) is 0 Å². The smallest absolute Gasteiger partial charge is 0.330 e. The maximum absolute atomic E-state index is 11.7. The van der Waals surface area contributed by atoms with Crippen LogP contribution in [-0.2, 0) is 23.9 Å². The van der Waals surface area contributed by atoms with Crippen molar-refractivity contribution in [2.75, 3.05) is 13.7 Å². The summed E-state index contributed by atoms with van der Waals surface area (Å²) >= 11 is 0. The molecular weight excluding hydrogens is 294 g/mol. The third-order valence-corrected chi connectivity index (χ3v) is 2.60. The number of carbonyl (C=O) groups excluding carboxylic acids is 3. The summed E-state index contributed by atoms with van der Waals surface area (Å²) in [6, 6.07) is -2.12. The van der Waals surface area contributed by atoms with Crippen molar-refractivity contribution in [1.82, 2.24) is 10.6 Å². The van der Waals surface area contributed by atoms with E-state index in [-0.39, 0.29) is 13.0 Å². The second-order valence-electron chi connectivity index (χ2n) is 4.40. The van der Waals surface area contributed by atoms with Gasteiger partial charge in [-0.15, -0.1) is 0 Å². The summed E-state index contributed by atoms with van der Waals surface area (Å²) in [6.45, 7) is 1.59. The molecule has 0 aromatic rings. The predicted octanol–water partition coefficient (Wildman–Crippen LogP) is -1.47. The quantitative estimate of drug-likeness (QED) is 0.300. The molecule has 5 N–H and O–H groups in total. The van der Waals surface area contributed by atoms with Gasteiger partial charge in [0.05, 0.1) is 7.11 Å². The van der Waals surface area contributed by atoms with E-state index in [1.807, 2.05) is 0 Å². The summed E-state index contributed by atoms with van der Waals surface area (Å²) in [5, 5.41) is 13.5. The zero-order chi connectivity index (χ0) is 17.1. The third kappa shape index (κ3) is 8.00. The molecule has 0 bridgehead atoms. The van der Waals surface area contributed by atoms with Crippen molar-refractivity contribution in [3.05, 3.63) is 12.2 Å². The number of nitrogens with one attached hydrogen (secondary N) is 2. The van der Waals surface area contributed by atoms with E-state index >= 15 is 0 Å². The molecule has 0 aliphatic carbocycles. The first kappa shape index (κ1) is 19.6. The lowest BCUT2D eigenvalue weighted by atomic mass is 10.1. The average molecular weight is 315 g/mol. The van der Waals surface area contributed by atoms with Crippen LogP contribution in [0.5, 0.6) is 0 Å². The fraction of sp³-hybridized carbons (Fsp3) is 0.538. The van der Waals surface area contributed by atoms with Crippen LogP contribution >= 0.6 is 0 Å². The van der Waals surface area contributed by atoms with E-state index in [1.54, 1.807) is 6.92 Å². The number of nitrogens with two attached hydrogens (primary N) is 1. The number of hydrogen-bond donors (Lipinski definition) is 4. The third-order valence-electron chi connectivity index (χ3n) is 2.60. The lowest BCUT2D eigenvalue weighted by Crippen LogP contribution is -2.52. The first-order valence-corrected chi connectivity index (χ1v) is 6.64. The number of aliphatic carboxylic acids is 1. The van der Waals surface area contributed by atoms with Gasteiger partial charge in [0.25, 0.3) is 0 Å². The average Bonchev–Trinajstić information content (AvgIpc) is 2.49. The van der Waals surface area contributed by atoms with Crippen LogP contribution < -0.4 is 16.4 Å². The summed E-state index contributed by atoms with van der Waals surface area (Å²) in [4.78, 5) is 44.7. The van der Waals surface area contributed by atoms with Crippen molar-refractivity contribution in [3.63, 3.8) is 0 Å². The van der Waals surface area contributed by atoms with E-state index < -0.39 is 35.8 Å². The molecule has 0 unspecified atom stereocenters. The Morgan fingerprint density at radius 2 is 1.91 bits per heavy atom. The lowest BCUT2D eigenvalue weighted by Gasteiger charge is -2.17. The van der Waals surface area contributed by atoms with E-state index in [4.69, 9.17) is 10.8 Å². The minimum atomic E-state index is -1.15. The van der Waals surface area contributed by atoms with Crippen molar-refractivity contribution < 1.29 is 29.0 Å². The van der Waals surface area contributed by atoms with E-state index in [2.05, 4.69) is 15.4 Å². The molecular formula is C13H21N3O6. The highest BCUT2D eigenvalue weighted by molar-refractivity contribution is 5.95. The normalized spacial score (nSPS) is 13.2. The Hall–Kier alpha value is -2.42. The van der Waals surface area contributed by atoms with Gasteiger partial charge in [-0.05, 0) is 6.42 Å². The molecule has 0 spiro atoms. The van der Waals surface area contributed by atoms with E-state index in [1.165, 1.54) is 7.11 Å². The molecule has 0 aromatic heterocycles. The fourth-order valence-corrected chi connectivity index (χ4v) is 1.40. The summed E-state index contributed by atoms with van der Waals surface area (Å²) < 4.78 is 4.30. The van der Waals surface area contributed by atoms with Gasteiger partial charge in [0.15, 0.2) is 0 Å². The summed E-state index contributed by atoms with van der Waals surface area (Å²) in [6.07, 6.45) is 2.72. The molecule has 22 heavy (non-hydrogen) atoms. The zero-order valence-corrected chi connectivity index (χ0v) is 12.5. The Bertz CT molecular complexity index is 449. The Morgan fingerprint density at radius 1 is 1.27 bits per heavy atom. The molecule has 0 rings (SSSR count). The van der Waals surface area contributed by atoms with Crippen LogP contribution in [0.15, 0.2) is 12.2 Å². The van der Waals surface area contributed by atoms with Gasteiger partial charge in [0.1, 0.15) is 12.1 Å². The minimum Gasteiger partial charge on any atom is -0.480 e. The Labute approximate surface area is 127 Å². The molecule has 0 saturated heterocycles. The summed E-state index contributed by atoms with van der Waals surface area (Å²) in [5.74, 6) is -3.15. The Balaban J connectivity index is 4.30. The van der Waals surface area contributed by atoms with Gasteiger partial charge >= 0.3 is 11.9 Å². The lowest BCUT2D eigenvalue weighted by molar-refractivity contribution is -0.142. The Morgan fingerprint density at radius 3 is 2.41 bits per heavy atom. The first-order valence-electron chi connectivity index (χ1n) is 6.64. The van der Waals surface area contributed by atoms with Crippen LogP contribution in [0.3, 0.4) is 0 Å². The van der Waals surface area contributed by atoms with Crippen molar-refractivity contribution in [3.8, 4) is 0 Å². The number of rotatable bonds is 9. The molecule has 9 heteroatoms. The van der Waals surface area contributed by atoms with Gasteiger partial charge in [-0.3, -0.25) is 9.59 Å². The standard InChI is InChI=1S/C13H21N3O6/c1-3-4-9(13(20)21)16-12(19)8(14)7-15-10(17)5-6-11(18)22-2/h5-6,8-9H,3-4,7,14H2,1-2H3,(H,15,17)(H,16,19)(H,20,21)/b6-5+/t8-,9+/m1/s1. The zero-order valence-electron chi connectivity index (χ0n) is 12.5. The van der Waals surface area contributed by atoms with Gasteiger partial charge in [-0.2, -0.15) is 0 Å². The van der Waals surface area contributed by atoms with Crippen molar-refractivity contribution >= 4 is 23.8 Å². The second kappa shape index (κ2) is 10.3. The van der Waals surface area contributed by atoms with Crippen LogP contribution in [0, 0.1) is 0 Å². The number of carboxylic acid groups (broad SMARTS) is 1. The Kier molecular flexibility index (Phi) is 9.19. The molecule has 0 aliphatic rings. The van der Waals surface area contributed by atoms with Gasteiger partial charge in [-0.25, -0.2) is 9.59 Å². The van der Waals surface area contributed by atoms with Crippen molar-refractivity contribution in [2.45, 2.75) is 31.8 Å². The highest BCUT2D eigenvalue weighted by Gasteiger charge is 2.22. The van der Waals surface area contributed by atoms with Gasteiger partial charge < -0.3 is 26.2 Å². The number of amides is 2. The van der Waals surface area contributed by atoms with Crippen LogP contribution in [0.4, 0.5) is 0 Å². The number of methoxy groups -OCH3 is 1. The first-order chi connectivity index (χ1) is 10.3. The SMILES string of the molecule is CCC[C@H](NC(=O)[C@H](N)CNC(=O)/C=C/C(=O)OC)C(=O)O. The van der Waals surface area contributed by atoms with E-state index in [0.717, 1.165) is 12.2 Å². The molecule has 0 radical (unpaired) electrons. The summed E-state index contributed by atoms with van der Waals surface area (Å²) in [7, 11) is 1.17. The monoisotopic (exact) mass is 315 g/mol. The molecule has 0 aliphatic heterocycles. The molecule has 0 aromatic carbocycles. The maximum Gasteiger partial charge on any atom is 0.330 e. The van der Waals surface area contributed by atoms with Gasteiger partial charge in [-0.1, -0.05) is 13.3 Å². The second-order valence-corrected chi connectivity index (χ2v) is 4.40. The number of hydrogen-bond acceptors (Lipinski definition) is 6. The van der Waals surface area contributed by atoms with Crippen LogP contribution in [0.25, 0.3) is 0 Å². The fourth-order valence-electron chi connectivity index (χ4n) is 1.40. The van der Waals surface area contributed by atoms with Crippen molar-refractivity contribution in [2.24, 2.45) is 5.73 Å². The van der Waals surface area contributed by atoms with E-state index in [9.17, 15) is 19.2 Å². The van der Waals surface area contributed by atoms with Crippen LogP contribution in [-0.4, -0.2) is 54.6 Å². The maximum atomic E-state index is 11.7. The molecule has 124 valence electrons. The molecule has 9 nitrogen and oxygen atoms in total. The number of esters is 1. The van der Waals surface area contributed by atoms with Crippen LogP contribution in [0.1, 0.15) is 19.8 Å². The summed E-state index contributed by atoms with van der Waals surface area (Å²) in [5.41, 5.74) is 5.56. The predicted molar refractivity (Wildman–Crippen MR) is 76.6 cm³/mol. The van der Waals surface area contributed by atoms with Gasteiger partial charge in [0, 0.05) is 18.7 Å². The largest absolute Gasteiger partial charge is 0.480 e. The highest BCUT2D eigenvalue weighted by Crippen LogP contribution is 1.97. The number of carbonyl (C=O) groups is 4. The highest BCUT2D eigenvalue weighted by atomic mass is 16.5. The minimum absolute atomic E-state index is 0.200. The topological polar surface area (TPSA) is 148 Å².